The second-order valence-electron chi connectivity index (χ2n) is 7.04. The maximum atomic E-state index is 12.9. The third kappa shape index (κ3) is 3.97. The summed E-state index contributed by atoms with van der Waals surface area (Å²) in [6, 6.07) is 30.9. The number of hydrogen-bond acceptors (Lipinski definition) is 1. The summed E-state index contributed by atoms with van der Waals surface area (Å²) < 4.78 is 0. The molecule has 0 spiro atoms. The molecule has 1 nitrogen and oxygen atoms in total. The maximum absolute atomic E-state index is 12.9. The highest BCUT2D eigenvalue weighted by Gasteiger charge is 2.36. The van der Waals surface area contributed by atoms with Crippen molar-refractivity contribution in [3.63, 3.8) is 0 Å². The van der Waals surface area contributed by atoms with Gasteiger partial charge in [0.25, 0.3) is 0 Å². The molecule has 2 heteroatoms. The van der Waals surface area contributed by atoms with Crippen molar-refractivity contribution in [1.29, 1.82) is 0 Å². The average Bonchev–Trinajstić information content (AvgIpc) is 2.68. The lowest BCUT2D eigenvalue weighted by atomic mass is 10.0. The van der Waals surface area contributed by atoms with Gasteiger partial charge in [0.05, 0.1) is 8.07 Å². The van der Waals surface area contributed by atoms with Crippen LogP contribution in [0.25, 0.3) is 0 Å². The lowest BCUT2D eigenvalue weighted by Crippen LogP contribution is -2.48. The van der Waals surface area contributed by atoms with Crippen molar-refractivity contribution in [3.8, 4) is 0 Å². The van der Waals surface area contributed by atoms with Crippen LogP contribution in [0.3, 0.4) is 0 Å². The van der Waals surface area contributed by atoms with Gasteiger partial charge in [-0.3, -0.25) is 4.79 Å². The van der Waals surface area contributed by atoms with Crippen LogP contribution >= 0.6 is 0 Å². The molecule has 0 heterocycles. The van der Waals surface area contributed by atoms with Gasteiger partial charge < -0.3 is 0 Å². The summed E-state index contributed by atoms with van der Waals surface area (Å²) in [5.41, 5.74) is 2.33. The molecular weight excluding hydrogens is 320 g/mol. The zero-order valence-corrected chi connectivity index (χ0v) is 15.9. The van der Waals surface area contributed by atoms with Crippen LogP contribution in [0.2, 0.25) is 13.1 Å². The molecule has 0 saturated heterocycles. The highest BCUT2D eigenvalue weighted by atomic mass is 28.3. The third-order valence-corrected chi connectivity index (χ3v) is 9.18. The Morgan fingerprint density at radius 2 is 1.24 bits per heavy atom. The van der Waals surface area contributed by atoms with Crippen LogP contribution < -0.4 is 5.19 Å². The number of rotatable bonds is 6. The van der Waals surface area contributed by atoms with E-state index in [0.717, 1.165) is 5.56 Å². The molecule has 3 aromatic carbocycles. The SMILES string of the molecule is C[Si](C)(c1ccccc1)[C@@H](CC(=O)c1ccccc1)c1ccccc1. The van der Waals surface area contributed by atoms with E-state index in [0.29, 0.717) is 6.42 Å². The Balaban J connectivity index is 1.98. The maximum Gasteiger partial charge on any atom is 0.163 e. The Hall–Kier alpha value is -2.45. The highest BCUT2D eigenvalue weighted by Crippen LogP contribution is 2.31. The van der Waals surface area contributed by atoms with Crippen LogP contribution in [0.15, 0.2) is 91.0 Å². The first kappa shape index (κ1) is 17.4. The molecule has 1 atom stereocenters. The van der Waals surface area contributed by atoms with E-state index in [-0.39, 0.29) is 11.3 Å². The first-order valence-electron chi connectivity index (χ1n) is 8.78. The fourth-order valence-electron chi connectivity index (χ4n) is 3.47. The average molecular weight is 345 g/mol. The van der Waals surface area contributed by atoms with E-state index in [2.05, 4.69) is 67.7 Å². The molecule has 0 radical (unpaired) electrons. The van der Waals surface area contributed by atoms with Gasteiger partial charge in [0.1, 0.15) is 0 Å². The van der Waals surface area contributed by atoms with E-state index in [1.165, 1.54) is 10.8 Å². The number of carbonyl (C=O) groups excluding carboxylic acids is 1. The molecule has 0 amide bonds. The summed E-state index contributed by atoms with van der Waals surface area (Å²) in [6.07, 6.45) is 0.558. The Morgan fingerprint density at radius 1 is 0.760 bits per heavy atom. The molecule has 0 aliphatic rings. The first-order valence-corrected chi connectivity index (χ1v) is 11.9. The van der Waals surface area contributed by atoms with E-state index >= 15 is 0 Å². The Bertz CT molecular complexity index is 810. The van der Waals surface area contributed by atoms with Crippen molar-refractivity contribution in [2.75, 3.05) is 0 Å². The van der Waals surface area contributed by atoms with Gasteiger partial charge in [0, 0.05) is 12.0 Å². The standard InChI is InChI=1S/C23H24OSi/c1-25(2,21-16-10-5-11-17-21)23(20-14-8-4-9-15-20)18-22(24)19-12-6-3-7-13-19/h3-17,23H,18H2,1-2H3/t23-/m0/s1. The fourth-order valence-corrected chi connectivity index (χ4v) is 6.65. The number of carbonyl (C=O) groups is 1. The number of Topliss-reactive ketones (excluding diaryl/α,β-unsaturated/α-hetero) is 1. The Morgan fingerprint density at radius 3 is 1.80 bits per heavy atom. The minimum Gasteiger partial charge on any atom is -0.294 e. The summed E-state index contributed by atoms with van der Waals surface area (Å²) >= 11 is 0. The van der Waals surface area contributed by atoms with Crippen LogP contribution in [-0.2, 0) is 0 Å². The molecule has 3 rings (SSSR count). The fraction of sp³-hybridized carbons (Fsp3) is 0.174. The van der Waals surface area contributed by atoms with Gasteiger partial charge in [-0.2, -0.15) is 0 Å². The summed E-state index contributed by atoms with van der Waals surface area (Å²) in [6.45, 7) is 4.75. The van der Waals surface area contributed by atoms with Crippen molar-refractivity contribution < 1.29 is 4.79 Å². The van der Waals surface area contributed by atoms with Crippen molar-refractivity contribution in [3.05, 3.63) is 102 Å². The molecule has 0 aliphatic carbocycles. The topological polar surface area (TPSA) is 17.1 Å². The molecule has 0 N–H and O–H groups in total. The van der Waals surface area contributed by atoms with Crippen LogP contribution in [0, 0.1) is 0 Å². The summed E-state index contributed by atoms with van der Waals surface area (Å²) in [5.74, 6) is 0.228. The van der Waals surface area contributed by atoms with Crippen molar-refractivity contribution in [2.24, 2.45) is 0 Å². The molecule has 25 heavy (non-hydrogen) atoms. The minimum absolute atomic E-state index is 0.228. The predicted molar refractivity (Wildman–Crippen MR) is 108 cm³/mol. The van der Waals surface area contributed by atoms with Crippen molar-refractivity contribution in [1.82, 2.24) is 0 Å². The normalized spacial score (nSPS) is 12.6. The predicted octanol–water partition coefficient (Wildman–Crippen LogP) is 5.20. The minimum atomic E-state index is -1.87. The summed E-state index contributed by atoms with van der Waals surface area (Å²) in [5, 5.41) is 1.39. The molecule has 0 aliphatic heterocycles. The van der Waals surface area contributed by atoms with Crippen LogP contribution in [0.5, 0.6) is 0 Å². The van der Waals surface area contributed by atoms with E-state index in [1.54, 1.807) is 0 Å². The zero-order valence-electron chi connectivity index (χ0n) is 14.9. The lowest BCUT2D eigenvalue weighted by Gasteiger charge is -2.33. The number of ketones is 1. The highest BCUT2D eigenvalue weighted by molar-refractivity contribution is 6.91. The van der Waals surface area contributed by atoms with Gasteiger partial charge >= 0.3 is 0 Å². The van der Waals surface area contributed by atoms with Gasteiger partial charge in [0.2, 0.25) is 0 Å². The molecule has 0 saturated carbocycles. The largest absolute Gasteiger partial charge is 0.294 e. The van der Waals surface area contributed by atoms with Gasteiger partial charge in [-0.25, -0.2) is 0 Å². The van der Waals surface area contributed by atoms with Crippen molar-refractivity contribution in [2.45, 2.75) is 25.1 Å². The molecule has 0 unspecified atom stereocenters. The van der Waals surface area contributed by atoms with E-state index in [4.69, 9.17) is 0 Å². The van der Waals surface area contributed by atoms with Gasteiger partial charge in [-0.1, -0.05) is 109 Å². The quantitative estimate of drug-likeness (QED) is 0.444. The Labute approximate surface area is 151 Å². The van der Waals surface area contributed by atoms with Gasteiger partial charge in [0.15, 0.2) is 5.78 Å². The summed E-state index contributed by atoms with van der Waals surface area (Å²) in [7, 11) is -1.87. The molecular formula is C23H24OSi. The summed E-state index contributed by atoms with van der Waals surface area (Å²) in [4.78, 5) is 12.9. The molecule has 0 bridgehead atoms. The van der Waals surface area contributed by atoms with Crippen molar-refractivity contribution >= 4 is 19.0 Å². The second kappa shape index (κ2) is 7.62. The second-order valence-corrected chi connectivity index (χ2v) is 11.8. The first-order chi connectivity index (χ1) is 12.1. The van der Waals surface area contributed by atoms with Gasteiger partial charge in [-0.05, 0) is 11.1 Å². The number of benzene rings is 3. The molecule has 0 fully saturated rings. The monoisotopic (exact) mass is 344 g/mol. The molecule has 0 aromatic heterocycles. The smallest absolute Gasteiger partial charge is 0.163 e. The van der Waals surface area contributed by atoms with Crippen LogP contribution in [0.1, 0.15) is 27.9 Å². The van der Waals surface area contributed by atoms with Crippen LogP contribution in [0.4, 0.5) is 0 Å². The third-order valence-electron chi connectivity index (χ3n) is 5.08. The van der Waals surface area contributed by atoms with E-state index in [1.807, 2.05) is 36.4 Å². The van der Waals surface area contributed by atoms with Gasteiger partial charge in [-0.15, -0.1) is 0 Å². The number of hydrogen-bond donors (Lipinski definition) is 0. The molecule has 3 aromatic rings. The van der Waals surface area contributed by atoms with Crippen LogP contribution in [-0.4, -0.2) is 13.9 Å². The molecule has 126 valence electrons. The van der Waals surface area contributed by atoms with E-state index < -0.39 is 8.07 Å². The zero-order chi connectivity index (χ0) is 17.7. The van der Waals surface area contributed by atoms with E-state index in [9.17, 15) is 4.79 Å². The Kier molecular flexibility index (Phi) is 5.30. The lowest BCUT2D eigenvalue weighted by molar-refractivity contribution is 0.0980.